The number of sulfonamides is 1. The Balaban J connectivity index is 2.15. The second kappa shape index (κ2) is 6.70. The molecule has 0 bridgehead atoms. The standard InChI is InChI=1S/C15H24N2O2S/c1-3-5-13-7-9-15(10-8-13)20(18,19)17(2)14-6-4-11-16-12-14/h7-10,14,16H,3-6,11-12H2,1-2H3. The van der Waals surface area contributed by atoms with Crippen molar-refractivity contribution in [1.82, 2.24) is 9.62 Å². The quantitative estimate of drug-likeness (QED) is 0.904. The Bertz CT molecular complexity index is 519. The Kier molecular flexibility index (Phi) is 5.18. The van der Waals surface area contributed by atoms with E-state index in [-0.39, 0.29) is 6.04 Å². The lowest BCUT2D eigenvalue weighted by Gasteiger charge is -2.30. The molecule has 1 aromatic rings. The predicted octanol–water partition coefficient (Wildman–Crippen LogP) is 2.01. The highest BCUT2D eigenvalue weighted by molar-refractivity contribution is 7.89. The molecular weight excluding hydrogens is 272 g/mol. The summed E-state index contributed by atoms with van der Waals surface area (Å²) in [6.07, 6.45) is 4.01. The summed E-state index contributed by atoms with van der Waals surface area (Å²) >= 11 is 0. The number of nitrogens with one attached hydrogen (secondary N) is 1. The zero-order valence-electron chi connectivity index (χ0n) is 12.3. The minimum Gasteiger partial charge on any atom is -0.315 e. The van der Waals surface area contributed by atoms with Gasteiger partial charge in [0.1, 0.15) is 0 Å². The molecule has 0 aliphatic carbocycles. The largest absolute Gasteiger partial charge is 0.315 e. The molecule has 1 unspecified atom stereocenters. The molecular formula is C15H24N2O2S. The molecule has 20 heavy (non-hydrogen) atoms. The molecule has 1 N–H and O–H groups in total. The Morgan fingerprint density at radius 3 is 2.55 bits per heavy atom. The van der Waals surface area contributed by atoms with Crippen molar-refractivity contribution in [2.45, 2.75) is 43.5 Å². The van der Waals surface area contributed by atoms with Crippen LogP contribution < -0.4 is 5.32 Å². The molecule has 4 nitrogen and oxygen atoms in total. The Hall–Kier alpha value is -0.910. The van der Waals surface area contributed by atoms with Crippen LogP contribution >= 0.6 is 0 Å². The van der Waals surface area contributed by atoms with Gasteiger partial charge in [-0.15, -0.1) is 0 Å². The van der Waals surface area contributed by atoms with E-state index in [4.69, 9.17) is 0 Å². The first-order chi connectivity index (χ1) is 9.55. The van der Waals surface area contributed by atoms with Gasteiger partial charge in [-0.1, -0.05) is 25.5 Å². The van der Waals surface area contributed by atoms with Gasteiger partial charge in [0.05, 0.1) is 4.90 Å². The average Bonchev–Trinajstić information content (AvgIpc) is 2.48. The third-order valence-corrected chi connectivity index (χ3v) is 5.85. The number of benzene rings is 1. The summed E-state index contributed by atoms with van der Waals surface area (Å²) < 4.78 is 26.7. The van der Waals surface area contributed by atoms with Gasteiger partial charge in [-0.2, -0.15) is 4.31 Å². The number of likely N-dealkylation sites (N-methyl/N-ethyl adjacent to an activating group) is 1. The molecule has 1 aliphatic rings. The molecule has 1 atom stereocenters. The third kappa shape index (κ3) is 3.40. The maximum Gasteiger partial charge on any atom is 0.243 e. The highest BCUT2D eigenvalue weighted by Gasteiger charge is 2.28. The molecule has 5 heteroatoms. The van der Waals surface area contributed by atoms with Gasteiger partial charge in [0.2, 0.25) is 10.0 Å². The van der Waals surface area contributed by atoms with E-state index in [1.54, 1.807) is 19.2 Å². The van der Waals surface area contributed by atoms with Gasteiger partial charge in [0.25, 0.3) is 0 Å². The fourth-order valence-corrected chi connectivity index (χ4v) is 4.01. The highest BCUT2D eigenvalue weighted by atomic mass is 32.2. The van der Waals surface area contributed by atoms with E-state index >= 15 is 0 Å². The molecule has 1 fully saturated rings. The van der Waals surface area contributed by atoms with Crippen molar-refractivity contribution in [3.8, 4) is 0 Å². The average molecular weight is 296 g/mol. The van der Waals surface area contributed by atoms with Gasteiger partial charge in [-0.3, -0.25) is 0 Å². The van der Waals surface area contributed by atoms with E-state index in [1.165, 1.54) is 9.87 Å². The van der Waals surface area contributed by atoms with Crippen LogP contribution in [-0.4, -0.2) is 38.9 Å². The van der Waals surface area contributed by atoms with Crippen molar-refractivity contribution in [3.63, 3.8) is 0 Å². The maximum absolute atomic E-state index is 12.6. The second-order valence-corrected chi connectivity index (χ2v) is 7.41. The van der Waals surface area contributed by atoms with Crippen molar-refractivity contribution in [2.75, 3.05) is 20.1 Å². The smallest absolute Gasteiger partial charge is 0.243 e. The van der Waals surface area contributed by atoms with Gasteiger partial charge in [0.15, 0.2) is 0 Å². The number of piperidine rings is 1. The van der Waals surface area contributed by atoms with Crippen molar-refractivity contribution in [3.05, 3.63) is 29.8 Å². The summed E-state index contributed by atoms with van der Waals surface area (Å²) in [6, 6.07) is 7.36. The number of rotatable bonds is 5. The first kappa shape index (κ1) is 15.5. The Morgan fingerprint density at radius 2 is 2.00 bits per heavy atom. The summed E-state index contributed by atoms with van der Waals surface area (Å²) in [6.45, 7) is 3.84. The minimum atomic E-state index is -3.38. The third-order valence-electron chi connectivity index (χ3n) is 3.92. The zero-order valence-corrected chi connectivity index (χ0v) is 13.1. The van der Waals surface area contributed by atoms with Crippen LogP contribution in [0, 0.1) is 0 Å². The van der Waals surface area contributed by atoms with Crippen LogP contribution in [0.15, 0.2) is 29.2 Å². The van der Waals surface area contributed by atoms with E-state index in [2.05, 4.69) is 12.2 Å². The Morgan fingerprint density at radius 1 is 1.30 bits per heavy atom. The normalized spacial score (nSPS) is 20.2. The van der Waals surface area contributed by atoms with Crippen LogP contribution in [0.1, 0.15) is 31.7 Å². The minimum absolute atomic E-state index is 0.0593. The molecule has 2 rings (SSSR count). The van der Waals surface area contributed by atoms with Crippen molar-refractivity contribution >= 4 is 10.0 Å². The van der Waals surface area contributed by atoms with Gasteiger partial charge >= 0.3 is 0 Å². The maximum atomic E-state index is 12.6. The summed E-state index contributed by atoms with van der Waals surface area (Å²) in [4.78, 5) is 0.394. The highest BCUT2D eigenvalue weighted by Crippen LogP contribution is 2.20. The number of aryl methyl sites for hydroxylation is 1. The number of nitrogens with zero attached hydrogens (tertiary/aromatic N) is 1. The van der Waals surface area contributed by atoms with Crippen molar-refractivity contribution in [2.24, 2.45) is 0 Å². The monoisotopic (exact) mass is 296 g/mol. The lowest BCUT2D eigenvalue weighted by Crippen LogP contribution is -2.46. The lowest BCUT2D eigenvalue weighted by molar-refractivity contribution is 0.300. The summed E-state index contributed by atoms with van der Waals surface area (Å²) in [5.74, 6) is 0. The summed E-state index contributed by atoms with van der Waals surface area (Å²) in [7, 11) is -1.69. The van der Waals surface area contributed by atoms with Crippen molar-refractivity contribution < 1.29 is 8.42 Å². The van der Waals surface area contributed by atoms with Gasteiger partial charge < -0.3 is 5.32 Å². The zero-order chi connectivity index (χ0) is 14.6. The first-order valence-corrected chi connectivity index (χ1v) is 8.77. The molecule has 0 aromatic heterocycles. The fraction of sp³-hybridized carbons (Fsp3) is 0.600. The summed E-state index contributed by atoms with van der Waals surface area (Å²) in [5.41, 5.74) is 1.19. The van der Waals surface area contributed by atoms with E-state index in [1.807, 2.05) is 12.1 Å². The van der Waals surface area contributed by atoms with Crippen LogP contribution in [0.5, 0.6) is 0 Å². The molecule has 0 saturated carbocycles. The number of hydrogen-bond donors (Lipinski definition) is 1. The molecule has 0 spiro atoms. The topological polar surface area (TPSA) is 49.4 Å². The molecule has 1 aliphatic heterocycles. The first-order valence-electron chi connectivity index (χ1n) is 7.33. The summed E-state index contributed by atoms with van der Waals surface area (Å²) in [5, 5.41) is 3.26. The van der Waals surface area contributed by atoms with Crippen LogP contribution in [0.25, 0.3) is 0 Å². The van der Waals surface area contributed by atoms with E-state index in [9.17, 15) is 8.42 Å². The van der Waals surface area contributed by atoms with E-state index in [0.29, 0.717) is 4.90 Å². The van der Waals surface area contributed by atoms with Crippen LogP contribution in [0.3, 0.4) is 0 Å². The van der Waals surface area contributed by atoms with E-state index in [0.717, 1.165) is 38.8 Å². The predicted molar refractivity (Wildman–Crippen MR) is 81.3 cm³/mol. The molecule has 112 valence electrons. The second-order valence-electron chi connectivity index (χ2n) is 5.42. The lowest BCUT2D eigenvalue weighted by atomic mass is 10.1. The van der Waals surface area contributed by atoms with Crippen LogP contribution in [0.4, 0.5) is 0 Å². The van der Waals surface area contributed by atoms with Gasteiger partial charge in [-0.25, -0.2) is 8.42 Å². The van der Waals surface area contributed by atoms with Crippen LogP contribution in [-0.2, 0) is 16.4 Å². The molecule has 1 saturated heterocycles. The molecule has 1 aromatic carbocycles. The Labute approximate surface area is 122 Å². The SMILES string of the molecule is CCCc1ccc(S(=O)(=O)N(C)C2CCCNC2)cc1. The number of hydrogen-bond acceptors (Lipinski definition) is 3. The molecule has 1 heterocycles. The molecule has 0 radical (unpaired) electrons. The molecule has 0 amide bonds. The fourth-order valence-electron chi connectivity index (χ4n) is 2.62. The van der Waals surface area contributed by atoms with Gasteiger partial charge in [-0.05, 0) is 43.5 Å². The van der Waals surface area contributed by atoms with Crippen molar-refractivity contribution in [1.29, 1.82) is 0 Å². The van der Waals surface area contributed by atoms with Crippen LogP contribution in [0.2, 0.25) is 0 Å². The van der Waals surface area contributed by atoms with Gasteiger partial charge in [0, 0.05) is 19.6 Å². The van der Waals surface area contributed by atoms with E-state index < -0.39 is 10.0 Å².